The number of nitrogens with one attached hydrogen (secondary N) is 2. The summed E-state index contributed by atoms with van der Waals surface area (Å²) in [5.41, 5.74) is 0.873. The Labute approximate surface area is 123 Å². The predicted molar refractivity (Wildman–Crippen MR) is 78.4 cm³/mol. The van der Waals surface area contributed by atoms with Crippen LogP contribution in [-0.4, -0.2) is 30.0 Å². The number of rotatable bonds is 3. The fourth-order valence-corrected chi connectivity index (χ4v) is 2.19. The molecule has 6 nitrogen and oxygen atoms in total. The molecule has 20 heavy (non-hydrogen) atoms. The molecule has 0 aromatic heterocycles. The van der Waals surface area contributed by atoms with Gasteiger partial charge in [0, 0.05) is 29.8 Å². The average Bonchev–Trinajstić information content (AvgIpc) is 2.40. The van der Waals surface area contributed by atoms with Crippen LogP contribution < -0.4 is 10.6 Å². The minimum atomic E-state index is -0.464. The highest BCUT2D eigenvalue weighted by Gasteiger charge is 2.19. The van der Waals surface area contributed by atoms with Gasteiger partial charge >= 0.3 is 0 Å². The van der Waals surface area contributed by atoms with Crippen LogP contribution in [0, 0.1) is 17.0 Å². The van der Waals surface area contributed by atoms with Crippen molar-refractivity contribution in [1.29, 1.82) is 0 Å². The van der Waals surface area contributed by atoms with Gasteiger partial charge in [-0.05, 0) is 32.4 Å². The summed E-state index contributed by atoms with van der Waals surface area (Å²) in [7, 11) is 0. The van der Waals surface area contributed by atoms with E-state index in [2.05, 4.69) is 10.6 Å². The Morgan fingerprint density at radius 2 is 2.25 bits per heavy atom. The van der Waals surface area contributed by atoms with Crippen molar-refractivity contribution in [3.63, 3.8) is 0 Å². The van der Waals surface area contributed by atoms with Gasteiger partial charge < -0.3 is 10.6 Å². The molecular formula is C13H18ClN3O3. The molecule has 0 radical (unpaired) electrons. The smallest absolute Gasteiger partial charge is 0.273 e. The van der Waals surface area contributed by atoms with Crippen molar-refractivity contribution in [2.75, 3.05) is 13.1 Å². The Morgan fingerprint density at radius 1 is 1.50 bits per heavy atom. The number of hydrogen-bond donors (Lipinski definition) is 2. The van der Waals surface area contributed by atoms with E-state index in [4.69, 9.17) is 0 Å². The van der Waals surface area contributed by atoms with Gasteiger partial charge in [0.1, 0.15) is 0 Å². The lowest BCUT2D eigenvalue weighted by molar-refractivity contribution is -0.385. The summed E-state index contributed by atoms with van der Waals surface area (Å²) in [6, 6.07) is 4.66. The Hall–Kier alpha value is -1.66. The molecule has 1 aliphatic heterocycles. The fraction of sp³-hybridized carbons (Fsp3) is 0.462. The van der Waals surface area contributed by atoms with E-state index in [1.165, 1.54) is 6.07 Å². The maximum Gasteiger partial charge on any atom is 0.273 e. The number of nitro benzene ring substituents is 1. The van der Waals surface area contributed by atoms with E-state index in [9.17, 15) is 14.9 Å². The third-order valence-electron chi connectivity index (χ3n) is 3.30. The highest BCUT2D eigenvalue weighted by Crippen LogP contribution is 2.19. The third kappa shape index (κ3) is 3.91. The van der Waals surface area contributed by atoms with Crippen LogP contribution in [0.3, 0.4) is 0 Å². The second-order valence-corrected chi connectivity index (χ2v) is 4.78. The van der Waals surface area contributed by atoms with E-state index >= 15 is 0 Å². The van der Waals surface area contributed by atoms with E-state index in [0.717, 1.165) is 25.9 Å². The van der Waals surface area contributed by atoms with E-state index in [1.54, 1.807) is 19.1 Å². The average molecular weight is 300 g/mol. The summed E-state index contributed by atoms with van der Waals surface area (Å²) >= 11 is 0. The van der Waals surface area contributed by atoms with Gasteiger partial charge in [-0.2, -0.15) is 0 Å². The first-order valence-electron chi connectivity index (χ1n) is 6.34. The highest BCUT2D eigenvalue weighted by atomic mass is 35.5. The number of nitrogens with zero attached hydrogens (tertiary/aromatic N) is 1. The standard InChI is InChI=1S/C13H17N3O3.ClH/c1-9-4-5-10(7-12(9)16(18)19)13(17)15-11-3-2-6-14-8-11;/h4-5,7,11,14H,2-3,6,8H2,1H3,(H,15,17);1H/t11-;/m0./s1. The predicted octanol–water partition coefficient (Wildman–Crippen LogP) is 1.81. The van der Waals surface area contributed by atoms with Crippen LogP contribution in [0.4, 0.5) is 5.69 Å². The molecule has 0 saturated carbocycles. The minimum Gasteiger partial charge on any atom is -0.348 e. The minimum absolute atomic E-state index is 0. The lowest BCUT2D eigenvalue weighted by Gasteiger charge is -2.23. The number of carbonyl (C=O) groups is 1. The van der Waals surface area contributed by atoms with Crippen molar-refractivity contribution < 1.29 is 9.72 Å². The molecule has 110 valence electrons. The SMILES string of the molecule is Cc1ccc(C(=O)N[C@H]2CCCNC2)cc1[N+](=O)[O-].Cl. The largest absolute Gasteiger partial charge is 0.348 e. The van der Waals surface area contributed by atoms with Crippen molar-refractivity contribution in [3.8, 4) is 0 Å². The van der Waals surface area contributed by atoms with Gasteiger partial charge in [0.25, 0.3) is 11.6 Å². The number of piperidine rings is 1. The molecule has 1 atom stereocenters. The first kappa shape index (κ1) is 16.4. The molecule has 7 heteroatoms. The lowest BCUT2D eigenvalue weighted by atomic mass is 10.1. The molecule has 0 spiro atoms. The first-order valence-corrected chi connectivity index (χ1v) is 6.34. The summed E-state index contributed by atoms with van der Waals surface area (Å²) in [5.74, 6) is -0.253. The molecule has 0 aliphatic carbocycles. The Balaban J connectivity index is 0.00000200. The van der Waals surface area contributed by atoms with Crippen LogP contribution >= 0.6 is 12.4 Å². The zero-order chi connectivity index (χ0) is 13.8. The van der Waals surface area contributed by atoms with Crippen LogP contribution in [0.2, 0.25) is 0 Å². The molecule has 1 aromatic rings. The summed E-state index contributed by atoms with van der Waals surface area (Å²) in [5, 5.41) is 17.0. The van der Waals surface area contributed by atoms with Gasteiger partial charge in [-0.15, -0.1) is 12.4 Å². The molecule has 2 N–H and O–H groups in total. The van der Waals surface area contributed by atoms with E-state index in [1.807, 2.05) is 0 Å². The molecule has 1 saturated heterocycles. The van der Waals surface area contributed by atoms with Gasteiger partial charge in [-0.1, -0.05) is 6.07 Å². The molecule has 1 heterocycles. The quantitative estimate of drug-likeness (QED) is 0.658. The number of amides is 1. The van der Waals surface area contributed by atoms with Crippen LogP contribution in [0.1, 0.15) is 28.8 Å². The van der Waals surface area contributed by atoms with Crippen molar-refractivity contribution in [3.05, 3.63) is 39.4 Å². The number of aryl methyl sites for hydroxylation is 1. The Morgan fingerprint density at radius 3 is 2.85 bits per heavy atom. The fourth-order valence-electron chi connectivity index (χ4n) is 2.19. The molecule has 1 fully saturated rings. The van der Waals surface area contributed by atoms with Crippen molar-refractivity contribution in [2.24, 2.45) is 0 Å². The van der Waals surface area contributed by atoms with Crippen molar-refractivity contribution in [2.45, 2.75) is 25.8 Å². The maximum atomic E-state index is 12.0. The topological polar surface area (TPSA) is 84.3 Å². The molecule has 1 aliphatic rings. The number of hydrogen-bond acceptors (Lipinski definition) is 4. The summed E-state index contributed by atoms with van der Waals surface area (Å²) in [6.45, 7) is 3.38. The number of benzene rings is 1. The van der Waals surface area contributed by atoms with Crippen molar-refractivity contribution >= 4 is 24.0 Å². The Bertz CT molecular complexity index is 502. The highest BCUT2D eigenvalue weighted by molar-refractivity contribution is 5.95. The van der Waals surface area contributed by atoms with Gasteiger partial charge in [0.15, 0.2) is 0 Å². The van der Waals surface area contributed by atoms with Crippen LogP contribution in [0.5, 0.6) is 0 Å². The van der Waals surface area contributed by atoms with Crippen molar-refractivity contribution in [1.82, 2.24) is 10.6 Å². The monoisotopic (exact) mass is 299 g/mol. The number of carbonyl (C=O) groups excluding carboxylic acids is 1. The second-order valence-electron chi connectivity index (χ2n) is 4.78. The number of nitro groups is 1. The van der Waals surface area contributed by atoms with Crippen LogP contribution in [-0.2, 0) is 0 Å². The Kier molecular flexibility index (Phi) is 5.91. The third-order valence-corrected chi connectivity index (χ3v) is 3.30. The first-order chi connectivity index (χ1) is 9.08. The summed E-state index contributed by atoms with van der Waals surface area (Å²) in [4.78, 5) is 22.4. The summed E-state index contributed by atoms with van der Waals surface area (Å²) in [6.07, 6.45) is 1.96. The molecule has 0 bridgehead atoms. The molecule has 0 unspecified atom stereocenters. The normalized spacial score (nSPS) is 17.9. The molecule has 1 aromatic carbocycles. The van der Waals surface area contributed by atoms with Crippen LogP contribution in [0.15, 0.2) is 18.2 Å². The van der Waals surface area contributed by atoms with E-state index < -0.39 is 4.92 Å². The molecule has 1 amide bonds. The van der Waals surface area contributed by atoms with Crippen LogP contribution in [0.25, 0.3) is 0 Å². The zero-order valence-electron chi connectivity index (χ0n) is 11.2. The maximum absolute atomic E-state index is 12.0. The van der Waals surface area contributed by atoms with E-state index in [-0.39, 0.29) is 30.0 Å². The molecule has 2 rings (SSSR count). The van der Waals surface area contributed by atoms with Gasteiger partial charge in [0.2, 0.25) is 0 Å². The zero-order valence-corrected chi connectivity index (χ0v) is 12.0. The van der Waals surface area contributed by atoms with Gasteiger partial charge in [0.05, 0.1) is 4.92 Å². The van der Waals surface area contributed by atoms with Gasteiger partial charge in [-0.25, -0.2) is 0 Å². The molecular weight excluding hydrogens is 282 g/mol. The van der Waals surface area contributed by atoms with E-state index in [0.29, 0.717) is 11.1 Å². The number of halogens is 1. The summed E-state index contributed by atoms with van der Waals surface area (Å²) < 4.78 is 0. The van der Waals surface area contributed by atoms with Gasteiger partial charge in [-0.3, -0.25) is 14.9 Å². The second kappa shape index (κ2) is 7.21. The lowest BCUT2D eigenvalue weighted by Crippen LogP contribution is -2.45.